The molecule has 0 fully saturated rings. The van der Waals surface area contributed by atoms with E-state index in [1.54, 1.807) is 12.3 Å². The van der Waals surface area contributed by atoms with E-state index in [9.17, 15) is 4.79 Å². The van der Waals surface area contributed by atoms with Gasteiger partial charge in [-0.3, -0.25) is 4.98 Å². The summed E-state index contributed by atoms with van der Waals surface area (Å²) in [5, 5.41) is 2.68. The van der Waals surface area contributed by atoms with Gasteiger partial charge < -0.3 is 10.1 Å². The van der Waals surface area contributed by atoms with Crippen molar-refractivity contribution in [3.8, 4) is 5.75 Å². The van der Waals surface area contributed by atoms with E-state index in [-0.39, 0.29) is 5.54 Å². The number of hydrogen-bond donors (Lipinski definition) is 1. The molecule has 0 aliphatic heterocycles. The van der Waals surface area contributed by atoms with Crippen LogP contribution in [0.5, 0.6) is 5.75 Å². The van der Waals surface area contributed by atoms with Gasteiger partial charge in [0.2, 0.25) is 0 Å². The molecular weight excluding hydrogens is 228 g/mol. The van der Waals surface area contributed by atoms with Gasteiger partial charge in [-0.1, -0.05) is 0 Å². The van der Waals surface area contributed by atoms with Crippen LogP contribution >= 0.6 is 11.6 Å². The molecule has 1 amide bonds. The molecule has 0 aliphatic rings. The Labute approximate surface area is 100.0 Å². The number of halogens is 1. The molecule has 5 heteroatoms. The summed E-state index contributed by atoms with van der Waals surface area (Å²) in [7, 11) is 0. The Bertz CT molecular complexity index is 374. The first-order valence-electron chi connectivity index (χ1n) is 4.90. The van der Waals surface area contributed by atoms with E-state index in [1.165, 1.54) is 6.20 Å². The minimum Gasteiger partial charge on any atom is -0.409 e. The number of nitrogens with one attached hydrogen (secondary N) is 1. The van der Waals surface area contributed by atoms with Crippen molar-refractivity contribution in [1.82, 2.24) is 10.3 Å². The van der Waals surface area contributed by atoms with Crippen molar-refractivity contribution in [3.63, 3.8) is 0 Å². The van der Waals surface area contributed by atoms with E-state index in [0.717, 1.165) is 5.56 Å². The molecule has 0 bridgehead atoms. The van der Waals surface area contributed by atoms with Crippen LogP contribution in [-0.2, 0) is 5.88 Å². The Kier molecular flexibility index (Phi) is 4.12. The molecule has 0 saturated heterocycles. The maximum Gasteiger partial charge on any atom is 0.413 e. The van der Waals surface area contributed by atoms with Crippen molar-refractivity contribution in [3.05, 3.63) is 24.0 Å². The van der Waals surface area contributed by atoms with Gasteiger partial charge in [-0.2, -0.15) is 0 Å². The minimum atomic E-state index is -0.499. The highest BCUT2D eigenvalue weighted by Crippen LogP contribution is 2.13. The summed E-state index contributed by atoms with van der Waals surface area (Å²) in [6.45, 7) is 5.63. The molecule has 1 aromatic heterocycles. The van der Waals surface area contributed by atoms with Crippen molar-refractivity contribution in [2.45, 2.75) is 32.2 Å². The van der Waals surface area contributed by atoms with Gasteiger partial charge in [-0.15, -0.1) is 11.6 Å². The number of pyridine rings is 1. The fourth-order valence-electron chi connectivity index (χ4n) is 1.03. The smallest absolute Gasteiger partial charge is 0.409 e. The Morgan fingerprint density at radius 2 is 2.19 bits per heavy atom. The Morgan fingerprint density at radius 1 is 1.50 bits per heavy atom. The van der Waals surface area contributed by atoms with E-state index in [1.807, 2.05) is 20.8 Å². The standard InChI is InChI=1S/C11H15ClN2O2/c1-11(2,3)14-10(15)16-9-4-8(5-12)6-13-7-9/h4,6-7H,5H2,1-3H3,(H,14,15). The fourth-order valence-corrected chi connectivity index (χ4v) is 1.18. The topological polar surface area (TPSA) is 51.2 Å². The highest BCUT2D eigenvalue weighted by Gasteiger charge is 2.15. The Morgan fingerprint density at radius 3 is 2.75 bits per heavy atom. The fraction of sp³-hybridized carbons (Fsp3) is 0.455. The highest BCUT2D eigenvalue weighted by molar-refractivity contribution is 6.17. The monoisotopic (exact) mass is 242 g/mol. The van der Waals surface area contributed by atoms with Gasteiger partial charge in [0.05, 0.1) is 6.20 Å². The van der Waals surface area contributed by atoms with Gasteiger partial charge in [0.1, 0.15) is 0 Å². The largest absolute Gasteiger partial charge is 0.413 e. The third kappa shape index (κ3) is 4.49. The van der Waals surface area contributed by atoms with Crippen LogP contribution in [0.4, 0.5) is 4.79 Å². The van der Waals surface area contributed by atoms with E-state index >= 15 is 0 Å². The number of carbonyl (C=O) groups is 1. The molecule has 88 valence electrons. The molecule has 1 rings (SSSR count). The number of aromatic nitrogens is 1. The maximum absolute atomic E-state index is 11.4. The normalized spacial score (nSPS) is 11.0. The summed E-state index contributed by atoms with van der Waals surface area (Å²) in [5.74, 6) is 0.727. The van der Waals surface area contributed by atoms with E-state index in [0.29, 0.717) is 11.6 Å². The first-order valence-corrected chi connectivity index (χ1v) is 5.44. The maximum atomic E-state index is 11.4. The summed E-state index contributed by atoms with van der Waals surface area (Å²) in [4.78, 5) is 15.3. The van der Waals surface area contributed by atoms with Gasteiger partial charge in [-0.05, 0) is 32.4 Å². The first-order chi connectivity index (χ1) is 7.40. The summed E-state index contributed by atoms with van der Waals surface area (Å²) in [6.07, 6.45) is 2.60. The zero-order valence-electron chi connectivity index (χ0n) is 9.58. The minimum absolute atomic E-state index is 0.325. The molecule has 0 unspecified atom stereocenters. The zero-order valence-corrected chi connectivity index (χ0v) is 10.3. The molecular formula is C11H15ClN2O2. The van der Waals surface area contributed by atoms with Crippen LogP contribution in [-0.4, -0.2) is 16.6 Å². The molecule has 16 heavy (non-hydrogen) atoms. The van der Waals surface area contributed by atoms with Gasteiger partial charge in [0.15, 0.2) is 5.75 Å². The van der Waals surface area contributed by atoms with Crippen molar-refractivity contribution in [2.75, 3.05) is 0 Å². The number of hydrogen-bond acceptors (Lipinski definition) is 3. The molecule has 0 atom stereocenters. The van der Waals surface area contributed by atoms with Gasteiger partial charge in [0.25, 0.3) is 0 Å². The number of ether oxygens (including phenoxy) is 1. The predicted octanol–water partition coefficient (Wildman–Crippen LogP) is 2.71. The van der Waals surface area contributed by atoms with Crippen molar-refractivity contribution >= 4 is 17.7 Å². The van der Waals surface area contributed by atoms with Gasteiger partial charge in [0, 0.05) is 17.6 Å². The summed E-state index contributed by atoms with van der Waals surface area (Å²) >= 11 is 5.65. The highest BCUT2D eigenvalue weighted by atomic mass is 35.5. The molecule has 1 aromatic rings. The lowest BCUT2D eigenvalue weighted by Gasteiger charge is -2.19. The molecule has 1 N–H and O–H groups in total. The van der Waals surface area contributed by atoms with E-state index < -0.39 is 6.09 Å². The van der Waals surface area contributed by atoms with Crippen LogP contribution in [0, 0.1) is 0 Å². The summed E-state index contributed by atoms with van der Waals surface area (Å²) in [5.41, 5.74) is 0.483. The molecule has 0 aliphatic carbocycles. The lowest BCUT2D eigenvalue weighted by Crippen LogP contribution is -2.42. The quantitative estimate of drug-likeness (QED) is 0.812. The van der Waals surface area contributed by atoms with Gasteiger partial charge >= 0.3 is 6.09 Å². The van der Waals surface area contributed by atoms with Crippen LogP contribution in [0.2, 0.25) is 0 Å². The van der Waals surface area contributed by atoms with Crippen LogP contribution < -0.4 is 10.1 Å². The second-order valence-corrected chi connectivity index (χ2v) is 4.69. The first kappa shape index (κ1) is 12.8. The second kappa shape index (κ2) is 5.16. The number of nitrogens with zero attached hydrogens (tertiary/aromatic N) is 1. The lowest BCUT2D eigenvalue weighted by molar-refractivity contribution is 0.190. The van der Waals surface area contributed by atoms with E-state index in [2.05, 4.69) is 10.3 Å². The Balaban J connectivity index is 2.62. The third-order valence-corrected chi connectivity index (χ3v) is 1.92. The van der Waals surface area contributed by atoms with Crippen LogP contribution in [0.25, 0.3) is 0 Å². The number of carbonyl (C=O) groups excluding carboxylic acids is 1. The summed E-state index contributed by atoms with van der Waals surface area (Å²) < 4.78 is 5.06. The zero-order chi connectivity index (χ0) is 12.2. The average Bonchev–Trinajstić information content (AvgIpc) is 2.15. The molecule has 0 aromatic carbocycles. The van der Waals surface area contributed by atoms with Crippen molar-refractivity contribution in [1.29, 1.82) is 0 Å². The number of amides is 1. The molecule has 4 nitrogen and oxygen atoms in total. The number of alkyl halides is 1. The number of rotatable bonds is 2. The van der Waals surface area contributed by atoms with Crippen molar-refractivity contribution < 1.29 is 9.53 Å². The van der Waals surface area contributed by atoms with Crippen LogP contribution in [0.1, 0.15) is 26.3 Å². The van der Waals surface area contributed by atoms with E-state index in [4.69, 9.17) is 16.3 Å². The van der Waals surface area contributed by atoms with Crippen LogP contribution in [0.15, 0.2) is 18.5 Å². The van der Waals surface area contributed by atoms with Crippen LogP contribution in [0.3, 0.4) is 0 Å². The van der Waals surface area contributed by atoms with Gasteiger partial charge in [-0.25, -0.2) is 4.79 Å². The lowest BCUT2D eigenvalue weighted by atomic mass is 10.1. The Hall–Kier alpha value is -1.29. The second-order valence-electron chi connectivity index (χ2n) is 4.43. The molecule has 1 heterocycles. The summed E-state index contributed by atoms with van der Waals surface area (Å²) in [6, 6.07) is 1.68. The molecule has 0 spiro atoms. The predicted molar refractivity (Wildman–Crippen MR) is 62.7 cm³/mol. The molecule has 0 radical (unpaired) electrons. The molecule has 0 saturated carbocycles. The van der Waals surface area contributed by atoms with Crippen molar-refractivity contribution in [2.24, 2.45) is 0 Å². The SMILES string of the molecule is CC(C)(C)NC(=O)Oc1cncc(CCl)c1. The third-order valence-electron chi connectivity index (χ3n) is 1.61. The average molecular weight is 243 g/mol.